The van der Waals surface area contributed by atoms with Crippen molar-refractivity contribution in [3.05, 3.63) is 24.3 Å². The van der Waals surface area contributed by atoms with Crippen LogP contribution in [0.5, 0.6) is 0 Å². The zero-order valence-corrected chi connectivity index (χ0v) is 7.30. The minimum absolute atomic E-state index is 0.346. The predicted octanol–water partition coefficient (Wildman–Crippen LogP) is 2.68. The van der Waals surface area contributed by atoms with Gasteiger partial charge in [-0.2, -0.15) is 6.08 Å². The summed E-state index contributed by atoms with van der Waals surface area (Å²) in [5, 5.41) is 0. The molecular formula is C5H5Cl2Ru-. The zero-order chi connectivity index (χ0) is 6.24. The SMILES string of the molecule is [C-]1=CC=CC1.[Cl][Ru][Cl]. The predicted molar refractivity (Wildman–Crippen MR) is 33.3 cm³/mol. The van der Waals surface area contributed by atoms with Crippen molar-refractivity contribution in [3.8, 4) is 0 Å². The molecule has 0 bridgehead atoms. The van der Waals surface area contributed by atoms with Gasteiger partial charge in [-0.3, -0.25) is 6.08 Å². The van der Waals surface area contributed by atoms with Crippen LogP contribution in [0, 0.1) is 6.08 Å². The molecule has 0 spiro atoms. The Morgan fingerprint density at radius 1 is 1.50 bits per heavy atom. The molecule has 0 saturated carbocycles. The fourth-order valence-corrected chi connectivity index (χ4v) is 0.340. The first-order valence-electron chi connectivity index (χ1n) is 1.98. The molecule has 0 heterocycles. The van der Waals surface area contributed by atoms with Crippen LogP contribution in [0.3, 0.4) is 0 Å². The van der Waals surface area contributed by atoms with Crippen LogP contribution in [0.25, 0.3) is 0 Å². The van der Waals surface area contributed by atoms with Crippen LogP contribution in [-0.4, -0.2) is 0 Å². The first kappa shape index (κ1) is 8.68. The molecule has 1 rings (SSSR count). The number of rotatable bonds is 0. The van der Waals surface area contributed by atoms with Gasteiger partial charge in [-0.1, -0.05) is 0 Å². The second-order valence-corrected chi connectivity index (χ2v) is 3.69. The quantitative estimate of drug-likeness (QED) is 0.448. The van der Waals surface area contributed by atoms with E-state index >= 15 is 0 Å². The fraction of sp³-hybridized carbons (Fsp3) is 0.200. The van der Waals surface area contributed by atoms with Crippen molar-refractivity contribution in [2.24, 2.45) is 0 Å². The van der Waals surface area contributed by atoms with Gasteiger partial charge in [0.25, 0.3) is 0 Å². The summed E-state index contributed by atoms with van der Waals surface area (Å²) in [7, 11) is 9.71. The first-order chi connectivity index (χ1) is 3.91. The molecule has 0 saturated heterocycles. The molecule has 0 atom stereocenters. The molecule has 0 aromatic heterocycles. The molecule has 0 aliphatic heterocycles. The van der Waals surface area contributed by atoms with Gasteiger partial charge in [0.05, 0.1) is 0 Å². The van der Waals surface area contributed by atoms with Crippen molar-refractivity contribution >= 4 is 19.4 Å². The Balaban J connectivity index is 0.000000145. The Morgan fingerprint density at radius 2 is 2.12 bits per heavy atom. The third-order valence-corrected chi connectivity index (χ3v) is 0.586. The number of hydrogen-bond donors (Lipinski definition) is 0. The van der Waals surface area contributed by atoms with E-state index in [2.05, 4.69) is 12.2 Å². The molecular weight excluding hydrogens is 232 g/mol. The summed E-state index contributed by atoms with van der Waals surface area (Å²) < 4.78 is 0. The van der Waals surface area contributed by atoms with Gasteiger partial charge >= 0.3 is 34.5 Å². The van der Waals surface area contributed by atoms with E-state index in [0.29, 0.717) is 0 Å². The maximum atomic E-state index is 4.85. The fourth-order valence-electron chi connectivity index (χ4n) is 0.340. The Morgan fingerprint density at radius 3 is 2.25 bits per heavy atom. The molecule has 0 N–H and O–H groups in total. The van der Waals surface area contributed by atoms with Gasteiger partial charge < -0.3 is 0 Å². The number of allylic oxidation sites excluding steroid dienone is 4. The van der Waals surface area contributed by atoms with Crippen molar-refractivity contribution < 1.29 is 15.1 Å². The monoisotopic (exact) mass is 237 g/mol. The van der Waals surface area contributed by atoms with Crippen molar-refractivity contribution in [2.75, 3.05) is 0 Å². The van der Waals surface area contributed by atoms with Crippen LogP contribution in [0.4, 0.5) is 0 Å². The zero-order valence-electron chi connectivity index (χ0n) is 4.05. The van der Waals surface area contributed by atoms with Gasteiger partial charge in [0.15, 0.2) is 0 Å². The number of halogens is 2. The molecule has 3 heteroatoms. The van der Waals surface area contributed by atoms with E-state index in [0.717, 1.165) is 6.42 Å². The van der Waals surface area contributed by atoms with Gasteiger partial charge in [0.1, 0.15) is 0 Å². The van der Waals surface area contributed by atoms with E-state index in [1.807, 2.05) is 12.2 Å². The summed E-state index contributed by atoms with van der Waals surface area (Å²) >= 11 is -0.346. The molecule has 0 aromatic rings. The van der Waals surface area contributed by atoms with Crippen LogP contribution in [0.15, 0.2) is 18.2 Å². The van der Waals surface area contributed by atoms with Crippen LogP contribution in [0.2, 0.25) is 0 Å². The van der Waals surface area contributed by atoms with E-state index in [-0.39, 0.29) is 15.1 Å². The van der Waals surface area contributed by atoms with Gasteiger partial charge in [0, 0.05) is 0 Å². The molecule has 0 fully saturated rings. The minimum atomic E-state index is -0.346. The van der Waals surface area contributed by atoms with Gasteiger partial charge in [0.2, 0.25) is 0 Å². The summed E-state index contributed by atoms with van der Waals surface area (Å²) in [6, 6.07) is 0. The molecule has 0 nitrogen and oxygen atoms in total. The molecule has 0 aromatic carbocycles. The summed E-state index contributed by atoms with van der Waals surface area (Å²) in [5.41, 5.74) is 0. The van der Waals surface area contributed by atoms with Gasteiger partial charge in [-0.05, 0) is 0 Å². The van der Waals surface area contributed by atoms with Crippen LogP contribution >= 0.6 is 19.4 Å². The standard InChI is InChI=1S/C5H5.2ClH.Ru/c1-2-4-5-3-1;;;/h1-3H,4H2;2*1H;/q-1;;;+2/p-2. The molecule has 0 unspecified atom stereocenters. The van der Waals surface area contributed by atoms with E-state index in [4.69, 9.17) is 19.4 Å². The Bertz CT molecular complexity index is 78.4. The third kappa shape index (κ3) is 6.68. The average Bonchev–Trinajstić information content (AvgIpc) is 2.17. The molecule has 8 heavy (non-hydrogen) atoms. The topological polar surface area (TPSA) is 0 Å². The molecule has 48 valence electrons. The Hall–Kier alpha value is 0.683. The summed E-state index contributed by atoms with van der Waals surface area (Å²) in [5.74, 6) is 0. The summed E-state index contributed by atoms with van der Waals surface area (Å²) in [6.07, 6.45) is 10.0. The maximum absolute atomic E-state index is 4.85. The average molecular weight is 237 g/mol. The molecule has 0 radical (unpaired) electrons. The van der Waals surface area contributed by atoms with Crippen LogP contribution in [0.1, 0.15) is 6.42 Å². The Labute approximate surface area is 65.2 Å². The van der Waals surface area contributed by atoms with E-state index in [9.17, 15) is 0 Å². The van der Waals surface area contributed by atoms with Gasteiger partial charge in [-0.15, -0.1) is 6.42 Å². The van der Waals surface area contributed by atoms with E-state index < -0.39 is 0 Å². The van der Waals surface area contributed by atoms with Crippen LogP contribution < -0.4 is 0 Å². The first-order valence-corrected chi connectivity index (χ1v) is 6.46. The third-order valence-electron chi connectivity index (χ3n) is 0.586. The summed E-state index contributed by atoms with van der Waals surface area (Å²) in [4.78, 5) is 0. The number of hydrogen-bond acceptors (Lipinski definition) is 0. The van der Waals surface area contributed by atoms with Crippen LogP contribution in [-0.2, 0) is 15.1 Å². The van der Waals surface area contributed by atoms with Crippen molar-refractivity contribution in [1.29, 1.82) is 0 Å². The van der Waals surface area contributed by atoms with E-state index in [1.165, 1.54) is 0 Å². The van der Waals surface area contributed by atoms with Crippen molar-refractivity contribution in [2.45, 2.75) is 6.42 Å². The normalized spacial score (nSPS) is 13.8. The summed E-state index contributed by atoms with van der Waals surface area (Å²) in [6.45, 7) is 0. The molecule has 0 amide bonds. The van der Waals surface area contributed by atoms with Gasteiger partial charge in [-0.25, -0.2) is 12.2 Å². The van der Waals surface area contributed by atoms with E-state index in [1.54, 1.807) is 0 Å². The molecule has 1 aliphatic rings. The molecule has 1 aliphatic carbocycles. The second kappa shape index (κ2) is 7.68. The Kier molecular flexibility index (Phi) is 8.34. The second-order valence-electron chi connectivity index (χ2n) is 1.05. The van der Waals surface area contributed by atoms with Crippen molar-refractivity contribution in [1.82, 2.24) is 0 Å². The van der Waals surface area contributed by atoms with Crippen molar-refractivity contribution in [3.63, 3.8) is 0 Å².